The van der Waals surface area contributed by atoms with Gasteiger partial charge in [0.2, 0.25) is 5.78 Å². The van der Waals surface area contributed by atoms with Crippen molar-refractivity contribution >= 4 is 40.8 Å². The number of Topliss-reactive ketones (excluding diaryl/α,β-unsaturated/α-hetero) is 2. The number of phenolic OH excluding ortho intramolecular Hbond substituents is 1. The first-order valence-corrected chi connectivity index (χ1v) is 12.2. The Labute approximate surface area is 226 Å². The van der Waals surface area contributed by atoms with E-state index in [9.17, 15) is 44.4 Å². The Morgan fingerprint density at radius 1 is 1.02 bits per heavy atom. The van der Waals surface area contributed by atoms with Gasteiger partial charge >= 0.3 is 11.9 Å². The molecule has 206 valence electrons. The summed E-state index contributed by atoms with van der Waals surface area (Å²) in [4.78, 5) is 61.1. The highest BCUT2D eigenvalue weighted by molar-refractivity contribution is 6.37. The second-order valence-electron chi connectivity index (χ2n) is 9.92. The Morgan fingerprint density at radius 3 is 2.33 bits per heavy atom. The van der Waals surface area contributed by atoms with Crippen LogP contribution >= 0.6 is 0 Å². The van der Waals surface area contributed by atoms with Gasteiger partial charge in [-0.1, -0.05) is 18.2 Å². The number of nitrogens with one attached hydrogen (secondary N) is 1. The maximum Gasteiger partial charge on any atom is 0.396 e. The van der Waals surface area contributed by atoms with Gasteiger partial charge in [0.1, 0.15) is 22.8 Å². The van der Waals surface area contributed by atoms with E-state index in [0.717, 1.165) is 7.11 Å². The molecule has 1 saturated carbocycles. The lowest BCUT2D eigenvalue weighted by Gasteiger charge is -2.46. The molecule has 5 rings (SSSR count). The number of esters is 1. The molecule has 2 aromatic rings. The third kappa shape index (κ3) is 3.83. The Kier molecular flexibility index (Phi) is 6.22. The van der Waals surface area contributed by atoms with Crippen LogP contribution in [0.5, 0.6) is 5.75 Å². The molecular weight excluding hydrogens is 524 g/mol. The Morgan fingerprint density at radius 2 is 1.70 bits per heavy atom. The topological polar surface area (TPSA) is 214 Å². The van der Waals surface area contributed by atoms with E-state index in [2.05, 4.69) is 10.1 Å². The van der Waals surface area contributed by atoms with Crippen LogP contribution in [0.15, 0.2) is 53.3 Å². The number of rotatable bonds is 3. The van der Waals surface area contributed by atoms with E-state index in [0.29, 0.717) is 22.4 Å². The molecule has 3 atom stereocenters. The summed E-state index contributed by atoms with van der Waals surface area (Å²) in [5.74, 6) is -8.96. The van der Waals surface area contributed by atoms with Gasteiger partial charge in [-0.2, -0.15) is 0 Å². The maximum absolute atomic E-state index is 13.6. The van der Waals surface area contributed by atoms with E-state index in [1.54, 1.807) is 30.3 Å². The summed E-state index contributed by atoms with van der Waals surface area (Å²) >= 11 is 0. The Hall–Kier alpha value is -4.97. The predicted molar refractivity (Wildman–Crippen MR) is 137 cm³/mol. The number of benzene rings is 2. The number of methoxy groups -OCH3 is 1. The smallest absolute Gasteiger partial charge is 0.396 e. The molecule has 0 spiro atoms. The van der Waals surface area contributed by atoms with Crippen molar-refractivity contribution in [3.63, 3.8) is 0 Å². The number of hydrogen-bond acceptors (Lipinski definition) is 10. The zero-order chi connectivity index (χ0) is 29.1. The van der Waals surface area contributed by atoms with Crippen molar-refractivity contribution in [2.24, 2.45) is 17.6 Å². The summed E-state index contributed by atoms with van der Waals surface area (Å²) < 4.78 is 4.38. The lowest BCUT2D eigenvalue weighted by atomic mass is 9.59. The number of carbonyl (C=O) groups is 5. The van der Waals surface area contributed by atoms with Gasteiger partial charge in [-0.05, 0) is 53.6 Å². The van der Waals surface area contributed by atoms with Crippen molar-refractivity contribution < 1.29 is 49.1 Å². The van der Waals surface area contributed by atoms with Gasteiger partial charge in [0.05, 0.1) is 12.7 Å². The summed E-state index contributed by atoms with van der Waals surface area (Å²) in [6.07, 6.45) is -0.261. The molecule has 1 fully saturated rings. The quantitative estimate of drug-likeness (QED) is 0.183. The molecule has 0 radical (unpaired) electrons. The second kappa shape index (κ2) is 9.35. The van der Waals surface area contributed by atoms with Gasteiger partial charge in [0, 0.05) is 23.6 Å². The molecule has 0 aliphatic heterocycles. The molecule has 0 heterocycles. The number of aromatic hydroxyl groups is 1. The molecule has 3 aliphatic rings. The first kappa shape index (κ1) is 26.6. The monoisotopic (exact) mass is 548 g/mol. The number of ketones is 2. The summed E-state index contributed by atoms with van der Waals surface area (Å²) in [7, 11) is 1.08. The van der Waals surface area contributed by atoms with Crippen LogP contribution in [0.1, 0.15) is 24.0 Å². The van der Waals surface area contributed by atoms with Gasteiger partial charge < -0.3 is 36.2 Å². The lowest BCUT2D eigenvalue weighted by Crippen LogP contribution is -2.58. The molecule has 0 saturated heterocycles. The van der Waals surface area contributed by atoms with E-state index in [1.807, 2.05) is 0 Å². The fourth-order valence-corrected chi connectivity index (χ4v) is 5.90. The van der Waals surface area contributed by atoms with Gasteiger partial charge in [-0.25, -0.2) is 4.79 Å². The summed E-state index contributed by atoms with van der Waals surface area (Å²) in [5, 5.41) is 46.3. The normalized spacial score (nSPS) is 23.6. The largest absolute Gasteiger partial charge is 0.508 e. The lowest BCUT2D eigenvalue weighted by molar-refractivity contribution is -0.150. The second-order valence-corrected chi connectivity index (χ2v) is 9.92. The molecule has 7 N–H and O–H groups in total. The molecule has 3 aliphatic carbocycles. The van der Waals surface area contributed by atoms with Crippen LogP contribution in [0.3, 0.4) is 0 Å². The molecule has 2 amide bonds. The number of fused-ring (bicyclic) bond motifs is 3. The molecule has 1 unspecified atom stereocenters. The van der Waals surface area contributed by atoms with Gasteiger partial charge in [-0.3, -0.25) is 19.2 Å². The van der Waals surface area contributed by atoms with Gasteiger partial charge in [0.15, 0.2) is 11.4 Å². The average Bonchev–Trinajstić information content (AvgIpc) is 2.90. The molecule has 0 aromatic heterocycles. The zero-order valence-electron chi connectivity index (χ0n) is 21.1. The molecule has 2 aromatic carbocycles. The van der Waals surface area contributed by atoms with Crippen LogP contribution in [0.25, 0.3) is 16.9 Å². The number of nitrogens with two attached hydrogens (primary N) is 1. The highest BCUT2D eigenvalue weighted by Crippen LogP contribution is 2.53. The Balaban J connectivity index is 1.57. The molecule has 12 heteroatoms. The summed E-state index contributed by atoms with van der Waals surface area (Å²) in [6, 6.07) is 9.33. The van der Waals surface area contributed by atoms with E-state index < -0.39 is 70.3 Å². The van der Waals surface area contributed by atoms with Gasteiger partial charge in [0.25, 0.3) is 5.91 Å². The van der Waals surface area contributed by atoms with E-state index in [-0.39, 0.29) is 29.7 Å². The van der Waals surface area contributed by atoms with Crippen molar-refractivity contribution in [2.75, 3.05) is 12.4 Å². The first-order chi connectivity index (χ1) is 18.9. The molecular formula is C28H24N2O10. The standard InChI is InChI=1S/C28H24N2O10/c1-40-27(38)26(37)30-14-4-2-11(3-5-14)15-6-7-17(31)20-16(15)9-12-8-13-10-18(32)21(25(29)36)24(35)28(13,39)23(34)19(12)22(20)33/h2-7,12-13,31,33,35,39H,8-10H2,1H3,(H2,29,36)(H,30,37)/t12-,13+,28?/m1/s1. The highest BCUT2D eigenvalue weighted by Gasteiger charge is 2.60. The molecule has 12 nitrogen and oxygen atoms in total. The number of hydrogen-bond donors (Lipinski definition) is 6. The maximum atomic E-state index is 13.6. The minimum absolute atomic E-state index is 0.0104. The molecule has 40 heavy (non-hydrogen) atoms. The number of aliphatic hydroxyl groups excluding tert-OH is 2. The van der Waals surface area contributed by atoms with Crippen molar-refractivity contribution in [3.05, 3.63) is 64.4 Å². The Bertz CT molecular complexity index is 1590. The SMILES string of the molecule is COC(=O)C(=O)Nc1ccc(-c2ccc(O)c3c2C[C@H]2C[C@H]4CC(=O)C(C(N)=O)=C(O)C4(O)C(=O)C2=C3O)cc1. The number of amides is 2. The van der Waals surface area contributed by atoms with Crippen LogP contribution in [-0.2, 0) is 35.1 Å². The highest BCUT2D eigenvalue weighted by atomic mass is 16.5. The van der Waals surface area contributed by atoms with Crippen LogP contribution in [-0.4, -0.2) is 62.5 Å². The van der Waals surface area contributed by atoms with E-state index >= 15 is 0 Å². The van der Waals surface area contributed by atoms with Crippen LogP contribution in [0.4, 0.5) is 5.69 Å². The predicted octanol–water partition coefficient (Wildman–Crippen LogP) is 1.20. The zero-order valence-corrected chi connectivity index (χ0v) is 21.1. The third-order valence-electron chi connectivity index (χ3n) is 7.77. The minimum Gasteiger partial charge on any atom is -0.508 e. The number of ether oxygens (including phenoxy) is 1. The molecule has 0 bridgehead atoms. The fourth-order valence-electron chi connectivity index (χ4n) is 5.90. The van der Waals surface area contributed by atoms with Crippen LogP contribution in [0, 0.1) is 11.8 Å². The fraction of sp³-hybridized carbons (Fsp3) is 0.250. The summed E-state index contributed by atoms with van der Waals surface area (Å²) in [6.45, 7) is 0. The van der Waals surface area contributed by atoms with E-state index in [1.165, 1.54) is 6.07 Å². The van der Waals surface area contributed by atoms with Crippen molar-refractivity contribution in [1.29, 1.82) is 0 Å². The van der Waals surface area contributed by atoms with Crippen molar-refractivity contribution in [2.45, 2.75) is 24.9 Å². The average molecular weight is 549 g/mol. The van der Waals surface area contributed by atoms with Gasteiger partial charge in [-0.15, -0.1) is 0 Å². The third-order valence-corrected chi connectivity index (χ3v) is 7.77. The number of phenols is 1. The van der Waals surface area contributed by atoms with E-state index in [4.69, 9.17) is 5.73 Å². The summed E-state index contributed by atoms with van der Waals surface area (Å²) in [5.41, 5.74) is 3.49. The number of primary amides is 1. The van der Waals surface area contributed by atoms with Crippen molar-refractivity contribution in [1.82, 2.24) is 0 Å². The first-order valence-electron chi connectivity index (χ1n) is 12.2. The number of aliphatic hydroxyl groups is 3. The number of anilines is 1. The minimum atomic E-state index is -2.63. The van der Waals surface area contributed by atoms with Crippen molar-refractivity contribution in [3.8, 4) is 16.9 Å². The number of carbonyl (C=O) groups excluding carboxylic acids is 5. The van der Waals surface area contributed by atoms with Crippen LogP contribution < -0.4 is 11.1 Å². The van der Waals surface area contributed by atoms with Crippen LogP contribution in [0.2, 0.25) is 0 Å².